The standard InChI is InChI=1S/C29H40O3/c1-18(2)23-13-24(19(3)4)29(25(14-23)20(5)6)21(7)32-28-15-27(30)26(28)17-31-16-22-11-9-8-10-12-22/h8-14,18-21,26,28H,15-17H2,1-7H3/t21-,26?,28+/m1/s1. The van der Waals surface area contributed by atoms with E-state index in [9.17, 15) is 4.79 Å². The summed E-state index contributed by atoms with van der Waals surface area (Å²) in [7, 11) is 0. The highest BCUT2D eigenvalue weighted by Gasteiger charge is 2.42. The van der Waals surface area contributed by atoms with Crippen molar-refractivity contribution < 1.29 is 14.3 Å². The molecule has 1 unspecified atom stereocenters. The van der Waals surface area contributed by atoms with E-state index >= 15 is 0 Å². The number of rotatable bonds is 10. The molecule has 0 spiro atoms. The molecule has 0 radical (unpaired) electrons. The Labute approximate surface area is 194 Å². The van der Waals surface area contributed by atoms with Crippen molar-refractivity contribution in [1.29, 1.82) is 0 Å². The normalized spacial score (nSPS) is 19.6. The van der Waals surface area contributed by atoms with Crippen LogP contribution in [0.15, 0.2) is 42.5 Å². The maximum atomic E-state index is 12.3. The molecule has 0 N–H and O–H groups in total. The van der Waals surface area contributed by atoms with E-state index in [-0.39, 0.29) is 23.9 Å². The predicted molar refractivity (Wildman–Crippen MR) is 131 cm³/mol. The smallest absolute Gasteiger partial charge is 0.143 e. The van der Waals surface area contributed by atoms with Crippen LogP contribution >= 0.6 is 0 Å². The molecule has 0 aliphatic heterocycles. The van der Waals surface area contributed by atoms with Gasteiger partial charge in [-0.3, -0.25) is 4.79 Å². The zero-order valence-corrected chi connectivity index (χ0v) is 20.9. The van der Waals surface area contributed by atoms with E-state index in [0.717, 1.165) is 5.56 Å². The number of hydrogen-bond donors (Lipinski definition) is 0. The molecule has 2 aromatic carbocycles. The minimum Gasteiger partial charge on any atom is -0.376 e. The minimum absolute atomic E-state index is 0.0549. The van der Waals surface area contributed by atoms with E-state index < -0.39 is 0 Å². The Hall–Kier alpha value is -1.97. The maximum absolute atomic E-state index is 12.3. The van der Waals surface area contributed by atoms with Crippen LogP contribution in [-0.4, -0.2) is 18.5 Å². The molecule has 0 heterocycles. The van der Waals surface area contributed by atoms with E-state index in [2.05, 4.69) is 60.6 Å². The van der Waals surface area contributed by atoms with Crippen molar-refractivity contribution in [2.75, 3.05) is 6.61 Å². The second-order valence-corrected chi connectivity index (χ2v) is 10.2. The summed E-state index contributed by atoms with van der Waals surface area (Å²) < 4.78 is 12.4. The fourth-order valence-corrected chi connectivity index (χ4v) is 4.57. The monoisotopic (exact) mass is 436 g/mol. The van der Waals surface area contributed by atoms with Gasteiger partial charge < -0.3 is 9.47 Å². The summed E-state index contributed by atoms with van der Waals surface area (Å²) in [5.41, 5.74) is 6.56. The third kappa shape index (κ3) is 5.68. The van der Waals surface area contributed by atoms with E-state index in [1.807, 2.05) is 30.3 Å². The molecule has 174 valence electrons. The van der Waals surface area contributed by atoms with Gasteiger partial charge in [-0.1, -0.05) is 84.0 Å². The summed E-state index contributed by atoms with van der Waals surface area (Å²) in [6, 6.07) is 14.8. The van der Waals surface area contributed by atoms with Gasteiger partial charge in [-0.05, 0) is 52.5 Å². The van der Waals surface area contributed by atoms with Gasteiger partial charge in [0.2, 0.25) is 0 Å². The number of carbonyl (C=O) groups excluding carboxylic acids is 1. The third-order valence-corrected chi connectivity index (χ3v) is 6.64. The molecule has 1 saturated carbocycles. The Bertz CT molecular complexity index is 869. The Morgan fingerprint density at radius 1 is 0.875 bits per heavy atom. The van der Waals surface area contributed by atoms with Crippen molar-refractivity contribution in [1.82, 2.24) is 0 Å². The molecule has 3 atom stereocenters. The highest BCUT2D eigenvalue weighted by Crippen LogP contribution is 2.39. The summed E-state index contributed by atoms with van der Waals surface area (Å²) in [4.78, 5) is 12.3. The molecule has 2 aromatic rings. The number of Topliss-reactive ketones (excluding diaryl/α,β-unsaturated/α-hetero) is 1. The van der Waals surface area contributed by atoms with E-state index in [1.165, 1.54) is 22.3 Å². The highest BCUT2D eigenvalue weighted by atomic mass is 16.5. The van der Waals surface area contributed by atoms with Crippen molar-refractivity contribution >= 4 is 5.78 Å². The minimum atomic E-state index is -0.166. The van der Waals surface area contributed by atoms with Gasteiger partial charge in [0, 0.05) is 6.42 Å². The van der Waals surface area contributed by atoms with Crippen LogP contribution in [0.25, 0.3) is 0 Å². The van der Waals surface area contributed by atoms with Crippen LogP contribution in [0, 0.1) is 5.92 Å². The average molecular weight is 437 g/mol. The van der Waals surface area contributed by atoms with Crippen LogP contribution < -0.4 is 0 Å². The van der Waals surface area contributed by atoms with Crippen LogP contribution in [0.3, 0.4) is 0 Å². The largest absolute Gasteiger partial charge is 0.376 e. The lowest BCUT2D eigenvalue weighted by atomic mass is 9.79. The topological polar surface area (TPSA) is 35.5 Å². The number of benzene rings is 2. The SMILES string of the molecule is CC(C)c1cc(C(C)C)c([C@@H](C)O[C@H]2CC(=O)C2COCc2ccccc2)c(C(C)C)c1. The van der Waals surface area contributed by atoms with Crippen LogP contribution in [0.5, 0.6) is 0 Å². The van der Waals surface area contributed by atoms with Crippen LogP contribution in [0.2, 0.25) is 0 Å². The lowest BCUT2D eigenvalue weighted by Crippen LogP contribution is -2.46. The van der Waals surface area contributed by atoms with Crippen LogP contribution in [0.4, 0.5) is 0 Å². The summed E-state index contributed by atoms with van der Waals surface area (Å²) in [5, 5.41) is 0. The number of hydrogen-bond acceptors (Lipinski definition) is 3. The highest BCUT2D eigenvalue weighted by molar-refractivity contribution is 5.88. The third-order valence-electron chi connectivity index (χ3n) is 6.64. The van der Waals surface area contributed by atoms with Crippen LogP contribution in [0.1, 0.15) is 107 Å². The molecule has 0 saturated heterocycles. The number of ketones is 1. The number of carbonyl (C=O) groups is 1. The Balaban J connectivity index is 1.74. The first-order valence-electron chi connectivity index (χ1n) is 12.2. The first kappa shape index (κ1) is 24.7. The fourth-order valence-electron chi connectivity index (χ4n) is 4.57. The number of ether oxygens (including phenoxy) is 2. The molecule has 0 amide bonds. The van der Waals surface area contributed by atoms with Crippen molar-refractivity contribution in [3.05, 3.63) is 70.3 Å². The van der Waals surface area contributed by atoms with Crippen molar-refractivity contribution in [3.8, 4) is 0 Å². The molecule has 3 heteroatoms. The van der Waals surface area contributed by atoms with Crippen molar-refractivity contribution in [2.24, 2.45) is 5.92 Å². The molecule has 0 bridgehead atoms. The first-order chi connectivity index (χ1) is 15.2. The Kier molecular flexibility index (Phi) is 8.30. The first-order valence-corrected chi connectivity index (χ1v) is 12.2. The molecule has 3 nitrogen and oxygen atoms in total. The van der Waals surface area contributed by atoms with E-state index in [1.54, 1.807) is 0 Å². The second-order valence-electron chi connectivity index (χ2n) is 10.2. The summed E-state index contributed by atoms with van der Waals surface area (Å²) in [6.45, 7) is 16.6. The molecular weight excluding hydrogens is 396 g/mol. The van der Waals surface area contributed by atoms with Gasteiger partial charge in [0.25, 0.3) is 0 Å². The lowest BCUT2D eigenvalue weighted by Gasteiger charge is -2.38. The second kappa shape index (κ2) is 10.8. The van der Waals surface area contributed by atoms with Crippen molar-refractivity contribution in [2.45, 2.75) is 91.5 Å². The summed E-state index contributed by atoms with van der Waals surface area (Å²) in [5.74, 6) is 1.41. The van der Waals surface area contributed by atoms with Gasteiger partial charge >= 0.3 is 0 Å². The van der Waals surface area contributed by atoms with E-state index in [0.29, 0.717) is 37.4 Å². The molecule has 1 fully saturated rings. The lowest BCUT2D eigenvalue weighted by molar-refractivity contribution is -0.157. The summed E-state index contributed by atoms with van der Waals surface area (Å²) >= 11 is 0. The zero-order chi connectivity index (χ0) is 23.4. The van der Waals surface area contributed by atoms with E-state index in [4.69, 9.17) is 9.47 Å². The molecule has 32 heavy (non-hydrogen) atoms. The fraction of sp³-hybridized carbons (Fsp3) is 0.552. The molecule has 1 aliphatic carbocycles. The Morgan fingerprint density at radius 3 is 1.97 bits per heavy atom. The van der Waals surface area contributed by atoms with Crippen molar-refractivity contribution in [3.63, 3.8) is 0 Å². The zero-order valence-electron chi connectivity index (χ0n) is 20.9. The molecule has 3 rings (SSSR count). The van der Waals surface area contributed by atoms with Gasteiger partial charge in [-0.2, -0.15) is 0 Å². The summed E-state index contributed by atoms with van der Waals surface area (Å²) in [6.07, 6.45) is 0.362. The quantitative estimate of drug-likeness (QED) is 0.392. The average Bonchev–Trinajstić information content (AvgIpc) is 2.75. The molecular formula is C29H40O3. The van der Waals surface area contributed by atoms with Gasteiger partial charge in [0.05, 0.1) is 31.3 Å². The van der Waals surface area contributed by atoms with Gasteiger partial charge in [-0.15, -0.1) is 0 Å². The van der Waals surface area contributed by atoms with Crippen LogP contribution in [-0.2, 0) is 20.9 Å². The Morgan fingerprint density at radius 2 is 1.47 bits per heavy atom. The molecule has 1 aliphatic rings. The van der Waals surface area contributed by atoms with Gasteiger partial charge in [0.1, 0.15) is 5.78 Å². The van der Waals surface area contributed by atoms with Gasteiger partial charge in [0.15, 0.2) is 0 Å². The van der Waals surface area contributed by atoms with Gasteiger partial charge in [-0.25, -0.2) is 0 Å². The molecule has 0 aromatic heterocycles. The maximum Gasteiger partial charge on any atom is 0.143 e. The predicted octanol–water partition coefficient (Wildman–Crippen LogP) is 7.31.